The van der Waals surface area contributed by atoms with Crippen molar-refractivity contribution in [3.8, 4) is 0 Å². The summed E-state index contributed by atoms with van der Waals surface area (Å²) in [7, 11) is 0. The Kier molecular flexibility index (Phi) is 4.31. The lowest BCUT2D eigenvalue weighted by Gasteiger charge is -2.06. The van der Waals surface area contributed by atoms with Crippen LogP contribution in [0, 0.1) is 5.82 Å². The van der Waals surface area contributed by atoms with Crippen molar-refractivity contribution in [2.24, 2.45) is 0 Å². The van der Waals surface area contributed by atoms with E-state index in [4.69, 9.17) is 0 Å². The van der Waals surface area contributed by atoms with E-state index in [9.17, 15) is 4.39 Å². The Labute approximate surface area is 97.1 Å². The average Bonchev–Trinajstić information content (AvgIpc) is 2.19. The molecular weight excluding hydrogens is 257 g/mol. The normalized spacial score (nSPS) is 10.9. The monoisotopic (exact) mass is 267 g/mol. The first-order chi connectivity index (χ1) is 7.11. The molecule has 0 saturated heterocycles. The van der Waals surface area contributed by atoms with Gasteiger partial charge in [0.2, 0.25) is 0 Å². The van der Waals surface area contributed by atoms with Gasteiger partial charge in [-0.25, -0.2) is 4.39 Å². The second-order valence-electron chi connectivity index (χ2n) is 2.88. The largest absolute Gasteiger partial charge is 0.356 e. The van der Waals surface area contributed by atoms with Crippen LogP contribution in [0.25, 0.3) is 0 Å². The van der Waals surface area contributed by atoms with Gasteiger partial charge in [0.05, 0.1) is 0 Å². The van der Waals surface area contributed by atoms with Crippen molar-refractivity contribution in [2.75, 3.05) is 5.32 Å². The number of nitrogens with one attached hydrogen (secondary N) is 1. The number of allylic oxidation sites excluding steroid dienone is 3. The predicted molar refractivity (Wildman–Crippen MR) is 66.4 cm³/mol. The topological polar surface area (TPSA) is 12.0 Å². The average molecular weight is 268 g/mol. The predicted octanol–water partition coefficient (Wildman–Crippen LogP) is 4.22. The van der Waals surface area contributed by atoms with Crippen LogP contribution < -0.4 is 5.32 Å². The molecule has 0 atom stereocenters. The van der Waals surface area contributed by atoms with Gasteiger partial charge in [-0.1, -0.05) is 29.1 Å². The zero-order valence-electron chi connectivity index (χ0n) is 8.13. The summed E-state index contributed by atoms with van der Waals surface area (Å²) in [4.78, 5) is 0. The highest BCUT2D eigenvalue weighted by Crippen LogP contribution is 2.14. The third kappa shape index (κ3) is 4.13. The molecule has 78 valence electrons. The van der Waals surface area contributed by atoms with Gasteiger partial charge >= 0.3 is 0 Å². The Morgan fingerprint density at radius 3 is 2.40 bits per heavy atom. The molecule has 0 amide bonds. The molecule has 0 saturated carbocycles. The first kappa shape index (κ1) is 11.7. The van der Waals surface area contributed by atoms with Crippen molar-refractivity contribution in [1.82, 2.24) is 0 Å². The number of anilines is 1. The minimum Gasteiger partial charge on any atom is -0.356 e. The summed E-state index contributed by atoms with van der Waals surface area (Å²) in [6.07, 6.45) is 3.45. The fourth-order valence-corrected chi connectivity index (χ4v) is 1.26. The quantitative estimate of drug-likeness (QED) is 0.806. The van der Waals surface area contributed by atoms with E-state index >= 15 is 0 Å². The lowest BCUT2D eigenvalue weighted by molar-refractivity contribution is 0.628. The second kappa shape index (κ2) is 5.51. The van der Waals surface area contributed by atoms with Crippen molar-refractivity contribution in [1.29, 1.82) is 0 Å². The van der Waals surface area contributed by atoms with Gasteiger partial charge in [-0.2, -0.15) is 0 Å². The van der Waals surface area contributed by atoms with Crippen LogP contribution >= 0.6 is 15.9 Å². The molecule has 0 fully saturated rings. The lowest BCUT2D eigenvalue weighted by atomic mass is 10.3. The summed E-state index contributed by atoms with van der Waals surface area (Å²) in [5, 5.41) is 3.07. The van der Waals surface area contributed by atoms with Gasteiger partial charge in [0.1, 0.15) is 5.82 Å². The molecule has 0 unspecified atom stereocenters. The lowest BCUT2D eigenvalue weighted by Crippen LogP contribution is -1.96. The van der Waals surface area contributed by atoms with Crippen molar-refractivity contribution in [2.45, 2.75) is 0 Å². The van der Waals surface area contributed by atoms with E-state index in [1.165, 1.54) is 12.1 Å². The Morgan fingerprint density at radius 1 is 1.33 bits per heavy atom. The van der Waals surface area contributed by atoms with Crippen molar-refractivity contribution < 1.29 is 4.39 Å². The molecule has 0 aliphatic rings. The van der Waals surface area contributed by atoms with Crippen molar-refractivity contribution >= 4 is 21.6 Å². The van der Waals surface area contributed by atoms with Crippen LogP contribution in [0.3, 0.4) is 0 Å². The SMILES string of the molecule is C=C/C(=C\C(=C)Br)Nc1ccc(F)cc1. The summed E-state index contributed by atoms with van der Waals surface area (Å²) in [6, 6.07) is 6.10. The van der Waals surface area contributed by atoms with Gasteiger partial charge in [-0.15, -0.1) is 0 Å². The van der Waals surface area contributed by atoms with Crippen LogP contribution in [0.4, 0.5) is 10.1 Å². The van der Waals surface area contributed by atoms with E-state index in [2.05, 4.69) is 34.4 Å². The maximum atomic E-state index is 12.6. The Bertz CT molecular complexity index is 393. The molecule has 0 aromatic heterocycles. The molecule has 1 N–H and O–H groups in total. The summed E-state index contributed by atoms with van der Waals surface area (Å²) in [5.74, 6) is -0.255. The molecule has 15 heavy (non-hydrogen) atoms. The van der Waals surface area contributed by atoms with Gasteiger partial charge in [0, 0.05) is 15.9 Å². The summed E-state index contributed by atoms with van der Waals surface area (Å²) >= 11 is 3.22. The summed E-state index contributed by atoms with van der Waals surface area (Å²) < 4.78 is 13.4. The first-order valence-electron chi connectivity index (χ1n) is 4.33. The Hall–Kier alpha value is -1.35. The molecule has 1 aromatic carbocycles. The van der Waals surface area contributed by atoms with E-state index < -0.39 is 0 Å². The van der Waals surface area contributed by atoms with Gasteiger partial charge < -0.3 is 5.32 Å². The van der Waals surface area contributed by atoms with Crippen molar-refractivity contribution in [3.05, 3.63) is 65.6 Å². The summed E-state index contributed by atoms with van der Waals surface area (Å²) in [6.45, 7) is 7.35. The smallest absolute Gasteiger partial charge is 0.123 e. The van der Waals surface area contributed by atoms with Gasteiger partial charge in [0.25, 0.3) is 0 Å². The van der Waals surface area contributed by atoms with Gasteiger partial charge in [-0.3, -0.25) is 0 Å². The van der Waals surface area contributed by atoms with Crippen LogP contribution in [0.1, 0.15) is 0 Å². The fourth-order valence-electron chi connectivity index (χ4n) is 1.01. The number of halogens is 2. The molecule has 3 heteroatoms. The maximum absolute atomic E-state index is 12.6. The minimum absolute atomic E-state index is 0.255. The van der Waals surface area contributed by atoms with Crippen LogP contribution in [-0.4, -0.2) is 0 Å². The second-order valence-corrected chi connectivity index (χ2v) is 3.90. The van der Waals surface area contributed by atoms with Crippen LogP contribution in [0.2, 0.25) is 0 Å². The Morgan fingerprint density at radius 2 is 1.93 bits per heavy atom. The zero-order valence-corrected chi connectivity index (χ0v) is 9.72. The first-order valence-corrected chi connectivity index (χ1v) is 5.12. The molecule has 0 aliphatic heterocycles. The molecule has 1 aromatic rings. The number of benzene rings is 1. The molecule has 0 bridgehead atoms. The van der Waals surface area contributed by atoms with E-state index in [1.807, 2.05) is 0 Å². The number of hydrogen-bond donors (Lipinski definition) is 1. The fraction of sp³-hybridized carbons (Fsp3) is 0. The van der Waals surface area contributed by atoms with Crippen LogP contribution in [0.15, 0.2) is 59.8 Å². The molecule has 0 radical (unpaired) electrons. The maximum Gasteiger partial charge on any atom is 0.123 e. The molecule has 1 rings (SSSR count). The third-order valence-corrected chi connectivity index (χ3v) is 1.89. The van der Waals surface area contributed by atoms with E-state index in [0.717, 1.165) is 15.9 Å². The van der Waals surface area contributed by atoms with Gasteiger partial charge in [0.15, 0.2) is 0 Å². The highest BCUT2D eigenvalue weighted by atomic mass is 79.9. The number of rotatable bonds is 4. The standard InChI is InChI=1S/C12H11BrFN/c1-3-11(8-9(2)13)15-12-6-4-10(14)5-7-12/h3-8,15H,1-2H2/b11-8+. The molecule has 0 heterocycles. The summed E-state index contributed by atoms with van der Waals surface area (Å²) in [5.41, 5.74) is 1.60. The number of hydrogen-bond acceptors (Lipinski definition) is 1. The highest BCUT2D eigenvalue weighted by molar-refractivity contribution is 9.11. The molecule has 0 spiro atoms. The van der Waals surface area contributed by atoms with Crippen LogP contribution in [0.5, 0.6) is 0 Å². The van der Waals surface area contributed by atoms with Crippen molar-refractivity contribution in [3.63, 3.8) is 0 Å². The molecule has 0 aliphatic carbocycles. The van der Waals surface area contributed by atoms with E-state index in [1.54, 1.807) is 24.3 Å². The van der Waals surface area contributed by atoms with Crippen LogP contribution in [-0.2, 0) is 0 Å². The zero-order chi connectivity index (χ0) is 11.3. The minimum atomic E-state index is -0.255. The molecular formula is C12H11BrFN. The highest BCUT2D eigenvalue weighted by Gasteiger charge is 1.95. The van der Waals surface area contributed by atoms with E-state index in [-0.39, 0.29) is 5.82 Å². The van der Waals surface area contributed by atoms with E-state index in [0.29, 0.717) is 0 Å². The Balaban J connectivity index is 2.80. The molecule has 1 nitrogen and oxygen atoms in total. The third-order valence-electron chi connectivity index (χ3n) is 1.66. The van der Waals surface area contributed by atoms with Gasteiger partial charge in [-0.05, 0) is 36.4 Å².